The first-order valence-corrected chi connectivity index (χ1v) is 9.71. The van der Waals surface area contributed by atoms with Crippen LogP contribution in [0, 0.1) is 5.92 Å². The van der Waals surface area contributed by atoms with Gasteiger partial charge in [-0.05, 0) is 38.0 Å². The molecule has 21 heavy (non-hydrogen) atoms. The lowest BCUT2D eigenvalue weighted by atomic mass is 9.99. The molecular formula is C15H30O5S. The zero-order valence-corrected chi connectivity index (χ0v) is 14.2. The van der Waals surface area contributed by atoms with Crippen LogP contribution in [0.4, 0.5) is 0 Å². The van der Waals surface area contributed by atoms with E-state index in [0.717, 1.165) is 32.1 Å². The number of unbranched alkanes of at least 4 members (excludes halogenated alkanes) is 1. The Bertz CT molecular complexity index is 349. The van der Waals surface area contributed by atoms with Crippen molar-refractivity contribution in [3.63, 3.8) is 0 Å². The zero-order valence-electron chi connectivity index (χ0n) is 13.4. The molecule has 0 aromatic carbocycles. The van der Waals surface area contributed by atoms with Gasteiger partial charge in [-0.2, -0.15) is 8.42 Å². The molecule has 6 heteroatoms. The van der Waals surface area contributed by atoms with Crippen LogP contribution < -0.4 is 0 Å². The Hall–Kier alpha value is -0.170. The average Bonchev–Trinajstić information content (AvgIpc) is 2.49. The van der Waals surface area contributed by atoms with Gasteiger partial charge in [0.15, 0.2) is 12.2 Å². The van der Waals surface area contributed by atoms with Gasteiger partial charge in [0.2, 0.25) is 0 Å². The lowest BCUT2D eigenvalue weighted by molar-refractivity contribution is -0.151. The molecule has 0 aliphatic carbocycles. The molecule has 1 rings (SSSR count). The van der Waals surface area contributed by atoms with E-state index < -0.39 is 22.3 Å². The molecule has 1 fully saturated rings. The lowest BCUT2D eigenvalue weighted by Gasteiger charge is -2.22. The number of rotatable bonds is 11. The number of hydrogen-bond donors (Lipinski definition) is 0. The van der Waals surface area contributed by atoms with Crippen molar-refractivity contribution in [1.29, 1.82) is 0 Å². The molecule has 0 spiro atoms. The zero-order chi connectivity index (χ0) is 15.6. The molecule has 0 aromatic heterocycles. The average molecular weight is 322 g/mol. The highest BCUT2D eigenvalue weighted by Gasteiger charge is 2.19. The van der Waals surface area contributed by atoms with Gasteiger partial charge in [-0.25, -0.2) is 0 Å². The Labute approximate surface area is 129 Å². The quantitative estimate of drug-likeness (QED) is 0.431. The topological polar surface area (TPSA) is 61.8 Å². The second-order valence-electron chi connectivity index (χ2n) is 5.85. The molecule has 0 saturated carbocycles. The summed E-state index contributed by atoms with van der Waals surface area (Å²) in [6.45, 7) is 5.26. The van der Waals surface area contributed by atoms with Crippen molar-refractivity contribution in [2.75, 3.05) is 19.2 Å². The molecule has 2 unspecified atom stereocenters. The van der Waals surface area contributed by atoms with Crippen molar-refractivity contribution in [1.82, 2.24) is 0 Å². The third-order valence-corrected chi connectivity index (χ3v) is 4.64. The van der Waals surface area contributed by atoms with Gasteiger partial charge in [-0.1, -0.05) is 33.1 Å². The highest BCUT2D eigenvalue weighted by Crippen LogP contribution is 2.16. The largest absolute Gasteiger partial charge is 0.353 e. The molecule has 0 radical (unpaired) electrons. The van der Waals surface area contributed by atoms with Crippen molar-refractivity contribution in [3.8, 4) is 0 Å². The van der Waals surface area contributed by atoms with Crippen LogP contribution in [0.2, 0.25) is 0 Å². The molecule has 0 bridgehead atoms. The van der Waals surface area contributed by atoms with Crippen molar-refractivity contribution in [3.05, 3.63) is 0 Å². The minimum atomic E-state index is -3.60. The van der Waals surface area contributed by atoms with E-state index in [9.17, 15) is 8.42 Å². The lowest BCUT2D eigenvalue weighted by Crippen LogP contribution is -2.26. The minimum Gasteiger partial charge on any atom is -0.353 e. The smallest absolute Gasteiger partial charge is 0.291 e. The van der Waals surface area contributed by atoms with E-state index in [4.69, 9.17) is 13.7 Å². The Morgan fingerprint density at radius 2 is 2.00 bits per heavy atom. The molecule has 0 amide bonds. The fraction of sp³-hybridized carbons (Fsp3) is 1.00. The van der Waals surface area contributed by atoms with Crippen LogP contribution in [0.5, 0.6) is 0 Å². The van der Waals surface area contributed by atoms with Crippen LogP contribution in [-0.2, 0) is 23.8 Å². The molecule has 0 N–H and O–H groups in total. The van der Waals surface area contributed by atoms with Gasteiger partial charge in [-0.15, -0.1) is 0 Å². The molecule has 126 valence electrons. The maximum absolute atomic E-state index is 11.7. The van der Waals surface area contributed by atoms with Crippen LogP contribution in [-0.4, -0.2) is 33.9 Å². The van der Waals surface area contributed by atoms with E-state index in [-0.39, 0.29) is 6.61 Å². The predicted molar refractivity (Wildman–Crippen MR) is 82.3 cm³/mol. The summed E-state index contributed by atoms with van der Waals surface area (Å²) < 4.78 is 38.9. The predicted octanol–water partition coefficient (Wildman–Crippen LogP) is 3.44. The molecule has 1 aliphatic heterocycles. The molecule has 5 nitrogen and oxygen atoms in total. The summed E-state index contributed by atoms with van der Waals surface area (Å²) >= 11 is 0. The molecular weight excluding hydrogens is 292 g/mol. The molecule has 2 atom stereocenters. The van der Waals surface area contributed by atoms with Crippen LogP contribution in [0.1, 0.15) is 65.2 Å². The Morgan fingerprint density at radius 1 is 1.24 bits per heavy atom. The molecule has 1 aliphatic rings. The minimum absolute atomic E-state index is 0.244. The second kappa shape index (κ2) is 10.5. The van der Waals surface area contributed by atoms with E-state index in [1.165, 1.54) is 19.3 Å². The van der Waals surface area contributed by atoms with Crippen LogP contribution in [0.25, 0.3) is 0 Å². The van der Waals surface area contributed by atoms with E-state index in [0.29, 0.717) is 12.5 Å². The first-order chi connectivity index (χ1) is 10.0. The maximum atomic E-state index is 11.7. The molecule has 1 heterocycles. The SMILES string of the molecule is CCCCC(C)CCCOS(=O)(=O)COC1CCCCO1. The van der Waals surface area contributed by atoms with E-state index in [1.807, 2.05) is 0 Å². The summed E-state index contributed by atoms with van der Waals surface area (Å²) in [4.78, 5) is 0. The highest BCUT2D eigenvalue weighted by atomic mass is 32.2. The molecule has 1 saturated heterocycles. The van der Waals surface area contributed by atoms with Crippen LogP contribution >= 0.6 is 0 Å². The summed E-state index contributed by atoms with van der Waals surface area (Å²) in [5.74, 6) is 0.214. The number of hydrogen-bond acceptors (Lipinski definition) is 5. The van der Waals surface area contributed by atoms with Gasteiger partial charge in [-0.3, -0.25) is 4.18 Å². The van der Waals surface area contributed by atoms with Gasteiger partial charge in [0, 0.05) is 6.61 Å². The second-order valence-corrected chi connectivity index (χ2v) is 7.44. The van der Waals surface area contributed by atoms with Gasteiger partial charge in [0.05, 0.1) is 6.61 Å². The normalized spacial score (nSPS) is 21.3. The van der Waals surface area contributed by atoms with E-state index in [2.05, 4.69) is 13.8 Å². The van der Waals surface area contributed by atoms with E-state index in [1.54, 1.807) is 0 Å². The first-order valence-electron chi connectivity index (χ1n) is 8.14. The Morgan fingerprint density at radius 3 is 2.67 bits per heavy atom. The van der Waals surface area contributed by atoms with Crippen molar-refractivity contribution in [2.24, 2.45) is 5.92 Å². The Balaban J connectivity index is 2.09. The maximum Gasteiger partial charge on any atom is 0.291 e. The van der Waals surface area contributed by atoms with Gasteiger partial charge >= 0.3 is 0 Å². The fourth-order valence-corrected chi connectivity index (χ4v) is 3.11. The first kappa shape index (κ1) is 18.9. The van der Waals surface area contributed by atoms with Gasteiger partial charge in [0.1, 0.15) is 0 Å². The number of ether oxygens (including phenoxy) is 2. The third-order valence-electron chi connectivity index (χ3n) is 3.69. The van der Waals surface area contributed by atoms with Crippen molar-refractivity contribution >= 4 is 10.1 Å². The molecule has 0 aromatic rings. The summed E-state index contributed by atoms with van der Waals surface area (Å²) in [6, 6.07) is 0. The third kappa shape index (κ3) is 9.45. The monoisotopic (exact) mass is 322 g/mol. The van der Waals surface area contributed by atoms with Crippen molar-refractivity contribution < 1.29 is 22.1 Å². The Kier molecular flexibility index (Phi) is 9.47. The fourth-order valence-electron chi connectivity index (χ4n) is 2.35. The van der Waals surface area contributed by atoms with Crippen molar-refractivity contribution in [2.45, 2.75) is 71.5 Å². The standard InChI is InChI=1S/C15H30O5S/c1-3-4-8-14(2)9-7-12-20-21(16,17)13-19-15-10-5-6-11-18-15/h14-15H,3-13H2,1-2H3. The van der Waals surface area contributed by atoms with Crippen LogP contribution in [0.15, 0.2) is 0 Å². The van der Waals surface area contributed by atoms with Gasteiger partial charge in [0.25, 0.3) is 10.1 Å². The van der Waals surface area contributed by atoms with Crippen LogP contribution in [0.3, 0.4) is 0 Å². The summed E-state index contributed by atoms with van der Waals surface area (Å²) in [5.41, 5.74) is 0. The summed E-state index contributed by atoms with van der Waals surface area (Å²) in [6.07, 6.45) is 7.79. The highest BCUT2D eigenvalue weighted by molar-refractivity contribution is 7.86. The van der Waals surface area contributed by atoms with Gasteiger partial charge < -0.3 is 9.47 Å². The van der Waals surface area contributed by atoms with E-state index >= 15 is 0 Å². The summed E-state index contributed by atoms with van der Waals surface area (Å²) in [7, 11) is -3.60. The summed E-state index contributed by atoms with van der Waals surface area (Å²) in [5, 5.41) is 0.